The standard InChI is InChI=1S/C38H41N7O2/c1-24-31(36(46)45(42-24)30-9-7-28(8-10-30)38-20-25-15-26(21-38)17-27(16-25)22-38)23-39-34-18-32-33(41-37(47)40-32)19-35(34)44-13-11-43(12-14-44)29-5-3-2-4-6-29/h2-10,18-19,23,25-27,42H,11-17,20-22H2,1H3,(H2,40,41,47). The van der Waals surface area contributed by atoms with Crippen LogP contribution in [0.2, 0.25) is 0 Å². The van der Waals surface area contributed by atoms with Crippen LogP contribution in [0.3, 0.4) is 0 Å². The predicted molar refractivity (Wildman–Crippen MR) is 188 cm³/mol. The van der Waals surface area contributed by atoms with E-state index < -0.39 is 0 Å². The lowest BCUT2D eigenvalue weighted by atomic mass is 9.48. The van der Waals surface area contributed by atoms with Crippen LogP contribution in [0.1, 0.15) is 55.3 Å². The first kappa shape index (κ1) is 28.4. The zero-order valence-corrected chi connectivity index (χ0v) is 26.8. The smallest absolute Gasteiger partial charge is 0.323 e. The Morgan fingerprint density at radius 2 is 1.38 bits per heavy atom. The lowest BCUT2D eigenvalue weighted by Gasteiger charge is -2.57. The maximum Gasteiger partial charge on any atom is 0.323 e. The van der Waals surface area contributed by atoms with Gasteiger partial charge in [-0.3, -0.25) is 14.9 Å². The first-order valence-corrected chi connectivity index (χ1v) is 17.2. The van der Waals surface area contributed by atoms with E-state index in [4.69, 9.17) is 4.99 Å². The number of rotatable bonds is 6. The van der Waals surface area contributed by atoms with Crippen LogP contribution in [0.25, 0.3) is 16.7 Å². The number of nitrogens with one attached hydrogen (secondary N) is 3. The summed E-state index contributed by atoms with van der Waals surface area (Å²) < 4.78 is 1.64. The van der Waals surface area contributed by atoms with Gasteiger partial charge in [-0.2, -0.15) is 0 Å². The molecule has 2 aromatic heterocycles. The van der Waals surface area contributed by atoms with E-state index in [2.05, 4.69) is 73.4 Å². The second-order valence-electron chi connectivity index (χ2n) is 14.6. The monoisotopic (exact) mass is 627 g/mol. The number of fused-ring (bicyclic) bond motifs is 1. The van der Waals surface area contributed by atoms with Crippen LogP contribution in [0.5, 0.6) is 0 Å². The highest BCUT2D eigenvalue weighted by Gasteiger charge is 2.51. The van der Waals surface area contributed by atoms with Gasteiger partial charge in [0.1, 0.15) is 0 Å². The van der Waals surface area contributed by atoms with Crippen LogP contribution < -0.4 is 21.0 Å². The quantitative estimate of drug-likeness (QED) is 0.195. The molecule has 1 saturated heterocycles. The van der Waals surface area contributed by atoms with Crippen molar-refractivity contribution in [2.75, 3.05) is 36.0 Å². The van der Waals surface area contributed by atoms with Crippen molar-refractivity contribution in [1.82, 2.24) is 19.7 Å². The minimum Gasteiger partial charge on any atom is -0.368 e. The molecular formula is C38H41N7O2. The Bertz CT molecular complexity index is 2060. The number of H-pyrrole nitrogens is 3. The number of aryl methyl sites for hydroxylation is 1. The van der Waals surface area contributed by atoms with Gasteiger partial charge in [-0.1, -0.05) is 30.3 Å². The van der Waals surface area contributed by atoms with Gasteiger partial charge in [0, 0.05) is 43.8 Å². The number of aliphatic imine (C=N–C) groups is 1. The van der Waals surface area contributed by atoms with Crippen molar-refractivity contribution in [1.29, 1.82) is 0 Å². The molecule has 0 atom stereocenters. The molecule has 4 bridgehead atoms. The Morgan fingerprint density at radius 1 is 0.766 bits per heavy atom. The van der Waals surface area contributed by atoms with E-state index in [0.29, 0.717) is 22.2 Å². The van der Waals surface area contributed by atoms with Gasteiger partial charge in [-0.25, -0.2) is 9.48 Å². The molecule has 5 aliphatic rings. The highest BCUT2D eigenvalue weighted by molar-refractivity contribution is 5.91. The van der Waals surface area contributed by atoms with Crippen LogP contribution in [0, 0.1) is 24.7 Å². The molecule has 4 aliphatic carbocycles. The number of benzene rings is 3. The SMILES string of the molecule is Cc1[nH]n(-c2ccc(C34CC5CC(CC(C5)C3)C4)cc2)c(=O)c1C=Nc1cc2[nH]c(=O)[nH]c2cc1N1CCN(c2ccccc2)CC1. The minimum atomic E-state index is -0.250. The Hall–Kier alpha value is -4.79. The van der Waals surface area contributed by atoms with E-state index in [0.717, 1.165) is 66.5 Å². The fourth-order valence-corrected chi connectivity index (χ4v) is 9.72. The normalized spacial score (nSPS) is 25.4. The molecule has 3 heterocycles. The number of anilines is 2. The molecule has 3 aromatic carbocycles. The molecule has 9 heteroatoms. The summed E-state index contributed by atoms with van der Waals surface area (Å²) in [7, 11) is 0. The number of nitrogens with zero attached hydrogens (tertiary/aromatic N) is 4. The first-order valence-electron chi connectivity index (χ1n) is 17.2. The zero-order chi connectivity index (χ0) is 31.7. The molecule has 10 rings (SSSR count). The van der Waals surface area contributed by atoms with Gasteiger partial charge in [-0.15, -0.1) is 0 Å². The fourth-order valence-electron chi connectivity index (χ4n) is 9.72. The summed E-state index contributed by atoms with van der Waals surface area (Å²) in [5.74, 6) is 2.69. The molecule has 5 fully saturated rings. The molecule has 3 N–H and O–H groups in total. The van der Waals surface area contributed by atoms with Gasteiger partial charge in [0.2, 0.25) is 0 Å². The molecule has 4 saturated carbocycles. The Kier molecular flexibility index (Phi) is 6.59. The van der Waals surface area contributed by atoms with E-state index in [9.17, 15) is 9.59 Å². The van der Waals surface area contributed by atoms with Gasteiger partial charge in [0.25, 0.3) is 5.56 Å². The number of para-hydroxylation sites is 1. The molecule has 5 aromatic rings. The molecule has 9 nitrogen and oxygen atoms in total. The summed E-state index contributed by atoms with van der Waals surface area (Å²) in [4.78, 5) is 41.3. The maximum absolute atomic E-state index is 13.8. The van der Waals surface area contributed by atoms with Gasteiger partial charge in [-0.05, 0) is 111 Å². The number of hydrogen-bond acceptors (Lipinski definition) is 5. The zero-order valence-electron chi connectivity index (χ0n) is 26.8. The van der Waals surface area contributed by atoms with E-state index >= 15 is 0 Å². The Balaban J connectivity index is 0.993. The first-order chi connectivity index (χ1) is 22.9. The van der Waals surface area contributed by atoms with Gasteiger partial charge >= 0.3 is 5.69 Å². The number of piperazine rings is 1. The highest BCUT2D eigenvalue weighted by Crippen LogP contribution is 2.60. The van der Waals surface area contributed by atoms with Crippen molar-refractivity contribution in [2.24, 2.45) is 22.7 Å². The number of aromatic nitrogens is 4. The van der Waals surface area contributed by atoms with Gasteiger partial charge in [0.15, 0.2) is 0 Å². The Labute approximate surface area is 273 Å². The van der Waals surface area contributed by atoms with Gasteiger partial charge in [0.05, 0.1) is 33.7 Å². The van der Waals surface area contributed by atoms with Crippen LogP contribution in [-0.2, 0) is 5.41 Å². The van der Waals surface area contributed by atoms with Crippen LogP contribution >= 0.6 is 0 Å². The third kappa shape index (κ3) is 4.94. The number of hydrogen-bond donors (Lipinski definition) is 3. The van der Waals surface area contributed by atoms with Crippen molar-refractivity contribution < 1.29 is 0 Å². The molecular weight excluding hydrogens is 586 g/mol. The highest BCUT2D eigenvalue weighted by atomic mass is 16.1. The summed E-state index contributed by atoms with van der Waals surface area (Å²) in [6, 6.07) is 23.1. The topological polar surface area (TPSA) is 105 Å². The van der Waals surface area contributed by atoms with E-state index in [-0.39, 0.29) is 11.2 Å². The lowest BCUT2D eigenvalue weighted by molar-refractivity contribution is -0.00518. The van der Waals surface area contributed by atoms with Crippen LogP contribution in [-0.4, -0.2) is 52.1 Å². The van der Waals surface area contributed by atoms with Crippen molar-refractivity contribution in [2.45, 2.75) is 50.9 Å². The summed E-state index contributed by atoms with van der Waals surface area (Å²) in [6.07, 6.45) is 9.95. The van der Waals surface area contributed by atoms with Gasteiger partial charge < -0.3 is 19.8 Å². The molecule has 0 radical (unpaired) electrons. The average molecular weight is 628 g/mol. The molecule has 240 valence electrons. The maximum atomic E-state index is 13.8. The molecule has 0 amide bonds. The molecule has 0 unspecified atom stereocenters. The summed E-state index contributed by atoms with van der Waals surface area (Å²) in [6.45, 7) is 5.29. The molecule has 47 heavy (non-hydrogen) atoms. The largest absolute Gasteiger partial charge is 0.368 e. The molecule has 0 spiro atoms. The fraction of sp³-hybridized carbons (Fsp3) is 0.395. The van der Waals surface area contributed by atoms with E-state index in [1.165, 1.54) is 49.8 Å². The van der Waals surface area contributed by atoms with Crippen LogP contribution in [0.15, 0.2) is 81.3 Å². The Morgan fingerprint density at radius 3 is 2.04 bits per heavy atom. The lowest BCUT2D eigenvalue weighted by Crippen LogP contribution is -2.48. The number of imidazole rings is 1. The minimum absolute atomic E-state index is 0.122. The third-order valence-electron chi connectivity index (χ3n) is 11.6. The predicted octanol–water partition coefficient (Wildman–Crippen LogP) is 6.19. The second-order valence-corrected chi connectivity index (χ2v) is 14.6. The second kappa shape index (κ2) is 10.9. The number of aromatic amines is 3. The van der Waals surface area contributed by atoms with Crippen molar-refractivity contribution >= 4 is 34.3 Å². The summed E-state index contributed by atoms with van der Waals surface area (Å²) >= 11 is 0. The summed E-state index contributed by atoms with van der Waals surface area (Å²) in [5.41, 5.74) is 7.85. The third-order valence-corrected chi connectivity index (χ3v) is 11.6. The van der Waals surface area contributed by atoms with E-state index in [1.54, 1.807) is 10.9 Å². The van der Waals surface area contributed by atoms with Crippen molar-refractivity contribution in [3.8, 4) is 5.69 Å². The average Bonchev–Trinajstić information content (AvgIpc) is 3.59. The van der Waals surface area contributed by atoms with E-state index in [1.807, 2.05) is 25.1 Å². The summed E-state index contributed by atoms with van der Waals surface area (Å²) in [5, 5.41) is 3.30. The van der Waals surface area contributed by atoms with Crippen molar-refractivity contribution in [3.05, 3.63) is 104 Å². The van der Waals surface area contributed by atoms with Crippen molar-refractivity contribution in [3.63, 3.8) is 0 Å². The van der Waals surface area contributed by atoms with Crippen LogP contribution in [0.4, 0.5) is 17.1 Å². The molecule has 1 aliphatic heterocycles.